The van der Waals surface area contributed by atoms with Crippen LogP contribution in [0.1, 0.15) is 66.2 Å². The fourth-order valence-corrected chi connectivity index (χ4v) is 2.68. The van der Waals surface area contributed by atoms with Crippen LogP contribution in [0.2, 0.25) is 0 Å². The van der Waals surface area contributed by atoms with E-state index in [2.05, 4.69) is 15.2 Å². The predicted molar refractivity (Wildman–Crippen MR) is 106 cm³/mol. The van der Waals surface area contributed by atoms with Gasteiger partial charge in [0.05, 0.1) is 12.2 Å². The maximum absolute atomic E-state index is 12.5. The van der Waals surface area contributed by atoms with Gasteiger partial charge in [0.15, 0.2) is 0 Å². The Labute approximate surface area is 162 Å². The summed E-state index contributed by atoms with van der Waals surface area (Å²) in [4.78, 5) is 30.1. The largest absolute Gasteiger partial charge is 0.462 e. The van der Waals surface area contributed by atoms with E-state index in [1.54, 1.807) is 13.8 Å². The third-order valence-electron chi connectivity index (χ3n) is 3.93. The van der Waals surface area contributed by atoms with Crippen LogP contribution in [0, 0.1) is 6.92 Å². The zero-order chi connectivity index (χ0) is 20.6. The molecule has 7 nitrogen and oxygen atoms in total. The van der Waals surface area contributed by atoms with E-state index in [0.29, 0.717) is 23.2 Å². The van der Waals surface area contributed by atoms with Crippen molar-refractivity contribution in [1.82, 2.24) is 15.2 Å². The molecule has 0 fully saturated rings. The highest BCUT2D eigenvalue weighted by Gasteiger charge is 2.27. The van der Waals surface area contributed by atoms with E-state index >= 15 is 0 Å². The van der Waals surface area contributed by atoms with Crippen LogP contribution in [-0.2, 0) is 15.9 Å². The zero-order valence-electron chi connectivity index (χ0n) is 17.8. The smallest absolute Gasteiger partial charge is 0.355 e. The van der Waals surface area contributed by atoms with E-state index in [9.17, 15) is 9.59 Å². The summed E-state index contributed by atoms with van der Waals surface area (Å²) in [5.74, 6) is -0.863. The number of H-pyrrole nitrogens is 1. The van der Waals surface area contributed by atoms with Crippen molar-refractivity contribution in [1.29, 1.82) is 0 Å². The van der Waals surface area contributed by atoms with Crippen LogP contribution < -0.4 is 5.32 Å². The maximum atomic E-state index is 12.5. The molecule has 0 unspecified atom stereocenters. The molecule has 154 valence electrons. The first-order chi connectivity index (χ1) is 12.6. The Balaban J connectivity index is 2.89. The van der Waals surface area contributed by atoms with Crippen molar-refractivity contribution in [3.8, 4) is 0 Å². The van der Waals surface area contributed by atoms with Crippen LogP contribution in [0.25, 0.3) is 0 Å². The van der Waals surface area contributed by atoms with E-state index in [0.717, 1.165) is 31.7 Å². The average molecular weight is 382 g/mol. The van der Waals surface area contributed by atoms with Gasteiger partial charge in [0, 0.05) is 18.8 Å². The first-order valence-electron chi connectivity index (χ1n) is 9.54. The number of hydrogen-bond donors (Lipinski definition) is 2. The number of carbonyl (C=O) groups excluding carboxylic acids is 2. The minimum Gasteiger partial charge on any atom is -0.462 e. The Kier molecular flexibility index (Phi) is 8.99. The number of nitrogens with one attached hydrogen (secondary N) is 2. The fraction of sp³-hybridized carbons (Fsp3) is 0.700. The van der Waals surface area contributed by atoms with Gasteiger partial charge in [-0.1, -0.05) is 0 Å². The summed E-state index contributed by atoms with van der Waals surface area (Å²) in [6, 6.07) is 0. The minimum atomic E-state index is -0.602. The highest BCUT2D eigenvalue weighted by Crippen LogP contribution is 2.23. The number of likely N-dealkylation sites (N-methyl/N-ethyl adjacent to an activating group) is 1. The molecule has 1 rings (SSSR count). The predicted octanol–water partition coefficient (Wildman–Crippen LogP) is 2.54. The molecular formula is C20H35N3O4. The standard InChI is InChI=1S/C20H35N3O4/c1-8-26-18(24)16-14(2)17(19(25)27-20(3,4)5)22-15(16)10-9-11-21-12-13-23(6)7/h21-22H,8-13H2,1-7H3. The van der Waals surface area contributed by atoms with Crippen LogP contribution in [-0.4, -0.2) is 67.8 Å². The van der Waals surface area contributed by atoms with Crippen molar-refractivity contribution >= 4 is 11.9 Å². The molecule has 1 aromatic heterocycles. The van der Waals surface area contributed by atoms with Crippen molar-refractivity contribution in [2.24, 2.45) is 0 Å². The van der Waals surface area contributed by atoms with Crippen molar-refractivity contribution in [3.63, 3.8) is 0 Å². The zero-order valence-corrected chi connectivity index (χ0v) is 17.8. The molecule has 0 saturated heterocycles. The summed E-state index contributed by atoms with van der Waals surface area (Å²) in [6.45, 7) is 12.0. The van der Waals surface area contributed by atoms with E-state index < -0.39 is 17.5 Å². The molecule has 0 radical (unpaired) electrons. The third kappa shape index (κ3) is 7.72. The highest BCUT2D eigenvalue weighted by atomic mass is 16.6. The monoisotopic (exact) mass is 381 g/mol. The first kappa shape index (κ1) is 23.2. The Morgan fingerprint density at radius 1 is 1.15 bits per heavy atom. The van der Waals surface area contributed by atoms with Crippen LogP contribution >= 0.6 is 0 Å². The average Bonchev–Trinajstić information content (AvgIpc) is 2.85. The van der Waals surface area contributed by atoms with Crippen LogP contribution in [0.3, 0.4) is 0 Å². The lowest BCUT2D eigenvalue weighted by atomic mass is 10.1. The van der Waals surface area contributed by atoms with Gasteiger partial charge in [-0.3, -0.25) is 0 Å². The Bertz CT molecular complexity index is 630. The summed E-state index contributed by atoms with van der Waals surface area (Å²) < 4.78 is 10.6. The van der Waals surface area contributed by atoms with Crippen LogP contribution in [0.4, 0.5) is 0 Å². The number of aromatic amines is 1. The van der Waals surface area contributed by atoms with Crippen LogP contribution in [0.5, 0.6) is 0 Å². The van der Waals surface area contributed by atoms with Crippen molar-refractivity contribution in [3.05, 3.63) is 22.5 Å². The molecule has 0 spiro atoms. The molecule has 0 aliphatic heterocycles. The summed E-state index contributed by atoms with van der Waals surface area (Å²) in [7, 11) is 4.07. The van der Waals surface area contributed by atoms with E-state index in [-0.39, 0.29) is 6.61 Å². The molecule has 0 aromatic carbocycles. The number of nitrogens with zero attached hydrogens (tertiary/aromatic N) is 1. The van der Waals surface area contributed by atoms with Gasteiger partial charge in [-0.15, -0.1) is 0 Å². The molecule has 1 heterocycles. The van der Waals surface area contributed by atoms with Gasteiger partial charge in [-0.2, -0.15) is 0 Å². The highest BCUT2D eigenvalue weighted by molar-refractivity contribution is 5.98. The number of esters is 2. The van der Waals surface area contributed by atoms with Gasteiger partial charge in [0.25, 0.3) is 0 Å². The summed E-state index contributed by atoms with van der Waals surface area (Å²) in [6.07, 6.45) is 1.49. The number of carbonyl (C=O) groups is 2. The summed E-state index contributed by atoms with van der Waals surface area (Å²) in [5, 5.41) is 3.37. The molecule has 0 aliphatic carbocycles. The Morgan fingerprint density at radius 3 is 2.37 bits per heavy atom. The quantitative estimate of drug-likeness (QED) is 0.479. The van der Waals surface area contributed by atoms with Crippen molar-refractivity contribution in [2.45, 2.75) is 53.1 Å². The van der Waals surface area contributed by atoms with E-state index in [1.807, 2.05) is 34.9 Å². The molecule has 27 heavy (non-hydrogen) atoms. The topological polar surface area (TPSA) is 83.7 Å². The summed E-state index contributed by atoms with van der Waals surface area (Å²) in [5.41, 5.74) is 1.48. The summed E-state index contributed by atoms with van der Waals surface area (Å²) >= 11 is 0. The molecule has 0 amide bonds. The third-order valence-corrected chi connectivity index (χ3v) is 3.93. The maximum Gasteiger partial charge on any atom is 0.355 e. The second-order valence-electron chi connectivity index (χ2n) is 7.86. The van der Waals surface area contributed by atoms with Gasteiger partial charge in [-0.05, 0) is 73.7 Å². The molecule has 0 bridgehead atoms. The Morgan fingerprint density at radius 2 is 1.81 bits per heavy atom. The second-order valence-corrected chi connectivity index (χ2v) is 7.86. The molecule has 1 aromatic rings. The normalized spacial score (nSPS) is 11.7. The van der Waals surface area contributed by atoms with Crippen molar-refractivity contribution in [2.75, 3.05) is 40.3 Å². The fourth-order valence-electron chi connectivity index (χ4n) is 2.68. The molecule has 0 aliphatic rings. The number of rotatable bonds is 10. The molecule has 2 N–H and O–H groups in total. The van der Waals surface area contributed by atoms with Gasteiger partial charge in [0.2, 0.25) is 0 Å². The molecule has 7 heteroatoms. The van der Waals surface area contributed by atoms with Gasteiger partial charge >= 0.3 is 11.9 Å². The minimum absolute atomic E-state index is 0.288. The first-order valence-corrected chi connectivity index (χ1v) is 9.54. The molecular weight excluding hydrogens is 346 g/mol. The lowest BCUT2D eigenvalue weighted by Gasteiger charge is -2.19. The van der Waals surface area contributed by atoms with Gasteiger partial charge < -0.3 is 24.7 Å². The lowest BCUT2D eigenvalue weighted by molar-refractivity contribution is 0.00625. The SMILES string of the molecule is CCOC(=O)c1c(CCCNCCN(C)C)[nH]c(C(=O)OC(C)(C)C)c1C. The van der Waals surface area contributed by atoms with E-state index in [1.165, 1.54) is 0 Å². The van der Waals surface area contributed by atoms with Crippen molar-refractivity contribution < 1.29 is 19.1 Å². The number of aryl methyl sites for hydroxylation is 1. The number of ether oxygens (including phenoxy) is 2. The Hall–Kier alpha value is -1.86. The number of hydrogen-bond acceptors (Lipinski definition) is 6. The molecule has 0 atom stereocenters. The lowest BCUT2D eigenvalue weighted by Crippen LogP contribution is -2.27. The van der Waals surface area contributed by atoms with Gasteiger partial charge in [0.1, 0.15) is 11.3 Å². The van der Waals surface area contributed by atoms with E-state index in [4.69, 9.17) is 9.47 Å². The second kappa shape index (κ2) is 10.5. The number of aromatic nitrogens is 1. The van der Waals surface area contributed by atoms with Gasteiger partial charge in [-0.25, -0.2) is 9.59 Å². The van der Waals surface area contributed by atoms with Crippen LogP contribution in [0.15, 0.2) is 0 Å². The molecule has 0 saturated carbocycles.